The molecule has 1 aromatic heterocycles. The van der Waals surface area contributed by atoms with Gasteiger partial charge in [0.15, 0.2) is 0 Å². The average molecular weight is 356 g/mol. The number of thiazole rings is 1. The molecule has 0 aliphatic rings. The van der Waals surface area contributed by atoms with Crippen molar-refractivity contribution in [2.24, 2.45) is 4.99 Å². The first-order valence-corrected chi connectivity index (χ1v) is 8.05. The van der Waals surface area contributed by atoms with Crippen LogP contribution in [0, 0.1) is 24.1 Å². The summed E-state index contributed by atoms with van der Waals surface area (Å²) >= 11 is 13.1. The van der Waals surface area contributed by atoms with E-state index in [4.69, 9.17) is 23.2 Å². The monoisotopic (exact) mass is 355 g/mol. The topological polar surface area (TPSA) is 49.0 Å². The molecule has 7 heteroatoms. The van der Waals surface area contributed by atoms with Crippen molar-refractivity contribution >= 4 is 40.8 Å². The zero-order valence-corrected chi connectivity index (χ0v) is 14.2. The highest BCUT2D eigenvalue weighted by Gasteiger charge is 2.15. The van der Waals surface area contributed by atoms with Crippen LogP contribution in [0.1, 0.15) is 35.1 Å². The Morgan fingerprint density at radius 2 is 2.14 bits per heavy atom. The fourth-order valence-electron chi connectivity index (χ4n) is 1.82. The minimum atomic E-state index is -0.546. The van der Waals surface area contributed by atoms with Gasteiger partial charge in [-0.05, 0) is 31.5 Å². The Balaban J connectivity index is 2.22. The highest BCUT2D eigenvalue weighted by atomic mass is 35.5. The van der Waals surface area contributed by atoms with Crippen LogP contribution in [-0.2, 0) is 0 Å². The van der Waals surface area contributed by atoms with E-state index in [2.05, 4.69) is 16.0 Å². The Morgan fingerprint density at radius 3 is 2.73 bits per heavy atom. The second kappa shape index (κ2) is 7.19. The Kier molecular flexibility index (Phi) is 5.52. The lowest BCUT2D eigenvalue weighted by Crippen LogP contribution is -2.00. The Bertz CT molecular complexity index is 752. The van der Waals surface area contributed by atoms with Gasteiger partial charge in [0, 0.05) is 22.3 Å². The maximum absolute atomic E-state index is 13.5. The molecule has 0 bridgehead atoms. The van der Waals surface area contributed by atoms with Crippen molar-refractivity contribution in [3.63, 3.8) is 0 Å². The molecule has 114 valence electrons. The number of rotatable bonds is 4. The second-order valence-electron chi connectivity index (χ2n) is 4.70. The van der Waals surface area contributed by atoms with E-state index in [0.717, 1.165) is 5.69 Å². The van der Waals surface area contributed by atoms with Gasteiger partial charge in [-0.1, -0.05) is 23.2 Å². The van der Waals surface area contributed by atoms with E-state index < -0.39 is 17.8 Å². The quantitative estimate of drug-likeness (QED) is 0.549. The third kappa shape index (κ3) is 3.83. The molecule has 2 rings (SSSR count). The number of halogens is 3. The molecule has 0 fully saturated rings. The van der Waals surface area contributed by atoms with Crippen molar-refractivity contribution in [2.75, 3.05) is 0 Å². The predicted molar refractivity (Wildman–Crippen MR) is 88.5 cm³/mol. The van der Waals surface area contributed by atoms with Crippen molar-refractivity contribution in [1.82, 2.24) is 4.98 Å². The summed E-state index contributed by atoms with van der Waals surface area (Å²) in [6.07, 6.45) is 1.52. The SMILES string of the molecule is Cc1csc([C@H](C#N)C=N[C@@H](C)c2cc(F)c(Cl)cc2Cl)n1. The van der Waals surface area contributed by atoms with Gasteiger partial charge < -0.3 is 0 Å². The number of benzene rings is 1. The average Bonchev–Trinajstić information content (AvgIpc) is 2.90. The van der Waals surface area contributed by atoms with Crippen LogP contribution >= 0.6 is 34.5 Å². The number of hydrogen-bond acceptors (Lipinski definition) is 4. The molecule has 0 aliphatic carbocycles. The van der Waals surface area contributed by atoms with Gasteiger partial charge in [0.2, 0.25) is 0 Å². The summed E-state index contributed by atoms with van der Waals surface area (Å²) < 4.78 is 13.5. The highest BCUT2D eigenvalue weighted by molar-refractivity contribution is 7.09. The maximum Gasteiger partial charge on any atom is 0.142 e. The number of hydrogen-bond donors (Lipinski definition) is 0. The molecule has 2 aromatic rings. The fraction of sp³-hybridized carbons (Fsp3) is 0.267. The summed E-state index contributed by atoms with van der Waals surface area (Å²) in [7, 11) is 0. The summed E-state index contributed by atoms with van der Waals surface area (Å²) in [5, 5.41) is 12.1. The van der Waals surface area contributed by atoms with Gasteiger partial charge in [0.25, 0.3) is 0 Å². The number of nitriles is 1. The second-order valence-corrected chi connectivity index (χ2v) is 6.40. The van der Waals surface area contributed by atoms with Gasteiger partial charge in [-0.15, -0.1) is 11.3 Å². The predicted octanol–water partition coefficient (Wildman–Crippen LogP) is 5.34. The lowest BCUT2D eigenvalue weighted by molar-refractivity contribution is 0.623. The van der Waals surface area contributed by atoms with E-state index in [1.165, 1.54) is 29.7 Å². The third-order valence-electron chi connectivity index (χ3n) is 2.99. The van der Waals surface area contributed by atoms with E-state index >= 15 is 0 Å². The molecule has 0 amide bonds. The summed E-state index contributed by atoms with van der Waals surface area (Å²) in [6.45, 7) is 3.64. The molecule has 0 saturated heterocycles. The molecule has 3 nitrogen and oxygen atoms in total. The van der Waals surface area contributed by atoms with Crippen molar-refractivity contribution in [2.45, 2.75) is 25.8 Å². The van der Waals surface area contributed by atoms with E-state index in [-0.39, 0.29) is 5.02 Å². The fourth-order valence-corrected chi connectivity index (χ4v) is 3.16. The first kappa shape index (κ1) is 16.9. The van der Waals surface area contributed by atoms with Gasteiger partial charge >= 0.3 is 0 Å². The van der Waals surface area contributed by atoms with Crippen LogP contribution in [0.15, 0.2) is 22.5 Å². The van der Waals surface area contributed by atoms with E-state index in [9.17, 15) is 9.65 Å². The summed E-state index contributed by atoms with van der Waals surface area (Å²) in [6, 6.07) is 4.37. The molecule has 1 aromatic carbocycles. The standard InChI is InChI=1S/C15H12Cl2FN3S/c1-8-7-22-15(21-8)10(5-19)6-20-9(2)11-3-14(18)13(17)4-12(11)16/h3-4,6-7,9-10H,1-2H3/t9-,10+/m0/s1. The zero-order valence-electron chi connectivity index (χ0n) is 11.8. The van der Waals surface area contributed by atoms with Crippen LogP contribution in [0.25, 0.3) is 0 Å². The van der Waals surface area contributed by atoms with E-state index in [1.807, 2.05) is 12.3 Å². The lowest BCUT2D eigenvalue weighted by Gasteiger charge is -2.10. The van der Waals surface area contributed by atoms with Crippen molar-refractivity contribution in [1.29, 1.82) is 5.26 Å². The van der Waals surface area contributed by atoms with E-state index in [0.29, 0.717) is 15.6 Å². The number of nitrogens with zero attached hydrogens (tertiary/aromatic N) is 3. The molecule has 2 atom stereocenters. The van der Waals surface area contributed by atoms with Crippen molar-refractivity contribution in [3.05, 3.63) is 49.6 Å². The van der Waals surface area contributed by atoms with Crippen LogP contribution in [0.4, 0.5) is 4.39 Å². The number of aliphatic imine (C=N–C) groups is 1. The van der Waals surface area contributed by atoms with Gasteiger partial charge in [-0.25, -0.2) is 9.37 Å². The highest BCUT2D eigenvalue weighted by Crippen LogP contribution is 2.30. The molecule has 0 saturated carbocycles. The third-order valence-corrected chi connectivity index (χ3v) is 4.65. The number of aromatic nitrogens is 1. The van der Waals surface area contributed by atoms with Gasteiger partial charge in [0.1, 0.15) is 16.7 Å². The normalized spacial score (nSPS) is 14.0. The van der Waals surface area contributed by atoms with Crippen LogP contribution in [0.3, 0.4) is 0 Å². The molecule has 0 unspecified atom stereocenters. The minimum absolute atomic E-state index is 0.0295. The molecular weight excluding hydrogens is 344 g/mol. The smallest absolute Gasteiger partial charge is 0.142 e. The molecule has 0 N–H and O–H groups in total. The number of aryl methyl sites for hydroxylation is 1. The lowest BCUT2D eigenvalue weighted by atomic mass is 10.1. The molecule has 1 heterocycles. The maximum atomic E-state index is 13.5. The van der Waals surface area contributed by atoms with Gasteiger partial charge in [-0.3, -0.25) is 4.99 Å². The Labute approximate surface area is 142 Å². The summed E-state index contributed by atoms with van der Waals surface area (Å²) in [5.41, 5.74) is 1.39. The summed E-state index contributed by atoms with van der Waals surface area (Å²) in [4.78, 5) is 8.58. The Hall–Kier alpha value is -1.48. The first-order valence-electron chi connectivity index (χ1n) is 6.41. The first-order chi connectivity index (χ1) is 10.4. The van der Waals surface area contributed by atoms with Crippen molar-refractivity contribution < 1.29 is 4.39 Å². The molecular formula is C15H12Cl2FN3S. The van der Waals surface area contributed by atoms with Crippen LogP contribution in [-0.4, -0.2) is 11.2 Å². The Morgan fingerprint density at radius 1 is 1.41 bits per heavy atom. The van der Waals surface area contributed by atoms with Crippen LogP contribution in [0.5, 0.6) is 0 Å². The van der Waals surface area contributed by atoms with Crippen LogP contribution < -0.4 is 0 Å². The zero-order chi connectivity index (χ0) is 16.3. The van der Waals surface area contributed by atoms with Gasteiger partial charge in [0.05, 0.1) is 17.1 Å². The van der Waals surface area contributed by atoms with Crippen molar-refractivity contribution in [3.8, 4) is 6.07 Å². The largest absolute Gasteiger partial charge is 0.288 e. The molecule has 22 heavy (non-hydrogen) atoms. The van der Waals surface area contributed by atoms with Crippen LogP contribution in [0.2, 0.25) is 10.0 Å². The summed E-state index contributed by atoms with van der Waals surface area (Å²) in [5.74, 6) is -1.08. The van der Waals surface area contributed by atoms with E-state index in [1.54, 1.807) is 6.92 Å². The molecule has 0 spiro atoms. The van der Waals surface area contributed by atoms with Gasteiger partial charge in [-0.2, -0.15) is 5.26 Å². The minimum Gasteiger partial charge on any atom is -0.288 e. The molecule has 0 aliphatic heterocycles. The molecule has 0 radical (unpaired) electrons.